The average Bonchev–Trinajstić information content (AvgIpc) is 2.56. The predicted molar refractivity (Wildman–Crippen MR) is 104 cm³/mol. The molecule has 0 aliphatic carbocycles. The highest BCUT2D eigenvalue weighted by Gasteiger charge is 2.15. The first kappa shape index (κ1) is 21.8. The van der Waals surface area contributed by atoms with Crippen molar-refractivity contribution in [2.24, 2.45) is 0 Å². The van der Waals surface area contributed by atoms with Crippen LogP contribution in [0.25, 0.3) is 0 Å². The summed E-state index contributed by atoms with van der Waals surface area (Å²) in [5.74, 6) is 0. The SMILES string of the molecule is CCN(CC)CCNC(=O)Nc1cccc(CNC(=O)OC(C)(C)C)c1. The van der Waals surface area contributed by atoms with Crippen LogP contribution in [0.4, 0.5) is 15.3 Å². The molecule has 0 radical (unpaired) electrons. The Labute approximate surface area is 156 Å². The van der Waals surface area contributed by atoms with Crippen LogP contribution in [0.15, 0.2) is 24.3 Å². The van der Waals surface area contributed by atoms with Gasteiger partial charge in [-0.15, -0.1) is 0 Å². The number of urea groups is 1. The Bertz CT molecular complexity index is 580. The molecule has 0 aromatic heterocycles. The van der Waals surface area contributed by atoms with E-state index in [0.717, 1.165) is 25.2 Å². The third-order valence-electron chi connectivity index (χ3n) is 3.63. The van der Waals surface area contributed by atoms with Crippen molar-refractivity contribution < 1.29 is 14.3 Å². The fourth-order valence-corrected chi connectivity index (χ4v) is 2.29. The maximum Gasteiger partial charge on any atom is 0.407 e. The van der Waals surface area contributed by atoms with Gasteiger partial charge in [0.2, 0.25) is 0 Å². The Morgan fingerprint density at radius 3 is 2.42 bits per heavy atom. The normalized spacial score (nSPS) is 11.2. The number of nitrogens with one attached hydrogen (secondary N) is 3. The van der Waals surface area contributed by atoms with Gasteiger partial charge in [0.05, 0.1) is 0 Å². The summed E-state index contributed by atoms with van der Waals surface area (Å²) in [6, 6.07) is 7.09. The van der Waals surface area contributed by atoms with Crippen LogP contribution in [0.3, 0.4) is 0 Å². The summed E-state index contributed by atoms with van der Waals surface area (Å²) in [6.45, 7) is 13.3. The highest BCUT2D eigenvalue weighted by atomic mass is 16.6. The molecule has 26 heavy (non-hydrogen) atoms. The van der Waals surface area contributed by atoms with E-state index in [0.29, 0.717) is 18.8 Å². The number of alkyl carbamates (subject to hydrolysis) is 1. The van der Waals surface area contributed by atoms with Gasteiger partial charge in [-0.25, -0.2) is 9.59 Å². The summed E-state index contributed by atoms with van der Waals surface area (Å²) in [6.07, 6.45) is -0.468. The maximum absolute atomic E-state index is 12.0. The number of rotatable bonds is 8. The van der Waals surface area contributed by atoms with Crippen LogP contribution in [-0.4, -0.2) is 48.8 Å². The Balaban J connectivity index is 2.43. The number of likely N-dealkylation sites (N-methyl/N-ethyl adjacent to an activating group) is 1. The van der Waals surface area contributed by atoms with Gasteiger partial charge in [-0.05, 0) is 51.6 Å². The second-order valence-electron chi connectivity index (χ2n) is 6.96. The van der Waals surface area contributed by atoms with Gasteiger partial charge in [-0.3, -0.25) is 0 Å². The number of benzene rings is 1. The van der Waals surface area contributed by atoms with Crippen molar-refractivity contribution in [1.82, 2.24) is 15.5 Å². The molecule has 3 N–H and O–H groups in total. The summed E-state index contributed by atoms with van der Waals surface area (Å²) in [5.41, 5.74) is 1.02. The fourth-order valence-electron chi connectivity index (χ4n) is 2.29. The molecule has 0 aliphatic rings. The quantitative estimate of drug-likeness (QED) is 0.662. The molecular formula is C19H32N4O3. The molecule has 0 atom stereocenters. The average molecular weight is 364 g/mol. The minimum absolute atomic E-state index is 0.241. The zero-order valence-corrected chi connectivity index (χ0v) is 16.5. The van der Waals surface area contributed by atoms with Crippen molar-refractivity contribution in [3.8, 4) is 0 Å². The lowest BCUT2D eigenvalue weighted by atomic mass is 10.2. The van der Waals surface area contributed by atoms with Gasteiger partial charge >= 0.3 is 12.1 Å². The van der Waals surface area contributed by atoms with Gasteiger partial charge in [0.15, 0.2) is 0 Å². The Kier molecular flexibility index (Phi) is 8.92. The van der Waals surface area contributed by atoms with E-state index in [4.69, 9.17) is 4.74 Å². The van der Waals surface area contributed by atoms with Gasteiger partial charge < -0.3 is 25.6 Å². The molecule has 1 aromatic carbocycles. The van der Waals surface area contributed by atoms with E-state index in [2.05, 4.69) is 34.7 Å². The number of amides is 3. The predicted octanol–water partition coefficient (Wildman–Crippen LogP) is 3.17. The van der Waals surface area contributed by atoms with Crippen LogP contribution in [0, 0.1) is 0 Å². The number of carbonyl (C=O) groups is 2. The minimum Gasteiger partial charge on any atom is -0.444 e. The number of carbonyl (C=O) groups excluding carboxylic acids is 2. The second kappa shape index (κ2) is 10.7. The van der Waals surface area contributed by atoms with E-state index in [-0.39, 0.29) is 6.03 Å². The summed E-state index contributed by atoms with van der Waals surface area (Å²) < 4.78 is 5.20. The molecule has 0 heterocycles. The van der Waals surface area contributed by atoms with E-state index in [1.165, 1.54) is 0 Å². The topological polar surface area (TPSA) is 82.7 Å². The molecule has 0 spiro atoms. The number of nitrogens with zero attached hydrogens (tertiary/aromatic N) is 1. The lowest BCUT2D eigenvalue weighted by molar-refractivity contribution is 0.0523. The first-order valence-corrected chi connectivity index (χ1v) is 9.06. The molecule has 7 heteroatoms. The van der Waals surface area contributed by atoms with Crippen LogP contribution < -0.4 is 16.0 Å². The van der Waals surface area contributed by atoms with Crippen LogP contribution >= 0.6 is 0 Å². The second-order valence-corrected chi connectivity index (χ2v) is 6.96. The molecule has 146 valence electrons. The van der Waals surface area contributed by atoms with Crippen molar-refractivity contribution in [3.63, 3.8) is 0 Å². The van der Waals surface area contributed by atoms with Gasteiger partial charge in [0.25, 0.3) is 0 Å². The smallest absolute Gasteiger partial charge is 0.407 e. The van der Waals surface area contributed by atoms with Crippen molar-refractivity contribution in [2.45, 2.75) is 46.8 Å². The van der Waals surface area contributed by atoms with Crippen LogP contribution in [0.1, 0.15) is 40.2 Å². The Hall–Kier alpha value is -2.28. The van der Waals surface area contributed by atoms with Gasteiger partial charge in [-0.2, -0.15) is 0 Å². The Morgan fingerprint density at radius 2 is 1.81 bits per heavy atom. The molecule has 0 fully saturated rings. The Morgan fingerprint density at radius 1 is 1.12 bits per heavy atom. The zero-order valence-electron chi connectivity index (χ0n) is 16.5. The first-order valence-electron chi connectivity index (χ1n) is 9.06. The summed E-state index contributed by atoms with van der Waals surface area (Å²) in [7, 11) is 0. The minimum atomic E-state index is -0.531. The summed E-state index contributed by atoms with van der Waals surface area (Å²) in [5, 5.41) is 8.35. The first-order chi connectivity index (χ1) is 12.2. The van der Waals surface area contributed by atoms with Crippen molar-refractivity contribution in [3.05, 3.63) is 29.8 Å². The molecule has 1 aromatic rings. The highest BCUT2D eigenvalue weighted by Crippen LogP contribution is 2.11. The number of ether oxygens (including phenoxy) is 1. The van der Waals surface area contributed by atoms with Gasteiger partial charge in [0, 0.05) is 25.3 Å². The highest BCUT2D eigenvalue weighted by molar-refractivity contribution is 5.89. The lowest BCUT2D eigenvalue weighted by Crippen LogP contribution is -2.36. The van der Waals surface area contributed by atoms with Crippen LogP contribution in [0.5, 0.6) is 0 Å². The third kappa shape index (κ3) is 9.27. The standard InChI is InChI=1S/C19H32N4O3/c1-6-23(7-2)12-11-20-17(24)22-16-10-8-9-15(13-16)14-21-18(25)26-19(3,4)5/h8-10,13H,6-7,11-12,14H2,1-5H3,(H,21,25)(H2,20,22,24). The fraction of sp³-hybridized carbons (Fsp3) is 0.579. The van der Waals surface area contributed by atoms with Gasteiger partial charge in [0.1, 0.15) is 5.60 Å². The van der Waals surface area contributed by atoms with E-state index < -0.39 is 11.7 Å². The van der Waals surface area contributed by atoms with Crippen molar-refractivity contribution in [1.29, 1.82) is 0 Å². The molecular weight excluding hydrogens is 332 g/mol. The van der Waals surface area contributed by atoms with Crippen LogP contribution in [-0.2, 0) is 11.3 Å². The maximum atomic E-state index is 12.0. The number of hydrogen-bond donors (Lipinski definition) is 3. The molecule has 0 bridgehead atoms. The summed E-state index contributed by atoms with van der Waals surface area (Å²) in [4.78, 5) is 25.9. The molecule has 3 amide bonds. The van der Waals surface area contributed by atoms with Crippen molar-refractivity contribution >= 4 is 17.8 Å². The summed E-state index contributed by atoms with van der Waals surface area (Å²) >= 11 is 0. The van der Waals surface area contributed by atoms with E-state index in [9.17, 15) is 9.59 Å². The number of anilines is 1. The van der Waals surface area contributed by atoms with E-state index in [1.54, 1.807) is 6.07 Å². The van der Waals surface area contributed by atoms with Crippen LogP contribution in [0.2, 0.25) is 0 Å². The molecule has 0 saturated carbocycles. The molecule has 7 nitrogen and oxygen atoms in total. The number of hydrogen-bond acceptors (Lipinski definition) is 4. The zero-order chi connectivity index (χ0) is 19.6. The molecule has 0 aliphatic heterocycles. The molecule has 0 unspecified atom stereocenters. The van der Waals surface area contributed by atoms with Crippen molar-refractivity contribution in [2.75, 3.05) is 31.5 Å². The molecule has 0 saturated heterocycles. The monoisotopic (exact) mass is 364 g/mol. The molecule has 1 rings (SSSR count). The lowest BCUT2D eigenvalue weighted by Gasteiger charge is -2.19. The van der Waals surface area contributed by atoms with E-state index in [1.807, 2.05) is 39.0 Å². The third-order valence-corrected chi connectivity index (χ3v) is 3.63. The van der Waals surface area contributed by atoms with Gasteiger partial charge in [-0.1, -0.05) is 26.0 Å². The largest absolute Gasteiger partial charge is 0.444 e. The van der Waals surface area contributed by atoms with E-state index >= 15 is 0 Å².